The summed E-state index contributed by atoms with van der Waals surface area (Å²) in [6, 6.07) is 5.45. The van der Waals surface area contributed by atoms with Crippen molar-refractivity contribution in [1.82, 2.24) is 4.31 Å². The molecule has 0 radical (unpaired) electrons. The lowest BCUT2D eigenvalue weighted by molar-refractivity contribution is 0.249. The van der Waals surface area contributed by atoms with Gasteiger partial charge in [0, 0.05) is 19.0 Å². The lowest BCUT2D eigenvalue weighted by atomic mass is 9.94. The van der Waals surface area contributed by atoms with Crippen molar-refractivity contribution in [3.63, 3.8) is 0 Å². The number of halogens is 1. The van der Waals surface area contributed by atoms with E-state index in [1.54, 1.807) is 19.2 Å². The standard InChI is InChI=1S/C13H18ClNO2S/c1-10-11(9-14)5-3-8-13(10)18(16,17)15(2)12-6-4-7-12/h3,5,8,12H,4,6-7,9H2,1-2H3. The fourth-order valence-electron chi connectivity index (χ4n) is 2.19. The first-order valence-corrected chi connectivity index (χ1v) is 8.08. The van der Waals surface area contributed by atoms with Gasteiger partial charge in [0.25, 0.3) is 0 Å². The van der Waals surface area contributed by atoms with Gasteiger partial charge in [-0.3, -0.25) is 0 Å². The molecule has 0 unspecified atom stereocenters. The van der Waals surface area contributed by atoms with E-state index in [0.29, 0.717) is 10.8 Å². The Hall–Kier alpha value is -0.580. The van der Waals surface area contributed by atoms with Crippen LogP contribution in [0.4, 0.5) is 0 Å². The van der Waals surface area contributed by atoms with E-state index in [2.05, 4.69) is 0 Å². The Morgan fingerprint density at radius 1 is 1.39 bits per heavy atom. The average Bonchev–Trinajstić information content (AvgIpc) is 2.26. The van der Waals surface area contributed by atoms with Crippen LogP contribution in [0.3, 0.4) is 0 Å². The molecule has 0 amide bonds. The Morgan fingerprint density at radius 2 is 2.06 bits per heavy atom. The molecule has 2 rings (SSSR count). The van der Waals surface area contributed by atoms with E-state index in [-0.39, 0.29) is 6.04 Å². The highest BCUT2D eigenvalue weighted by molar-refractivity contribution is 7.89. The van der Waals surface area contributed by atoms with E-state index in [1.165, 1.54) is 4.31 Å². The molecule has 0 N–H and O–H groups in total. The molecule has 0 aromatic heterocycles. The second kappa shape index (κ2) is 5.19. The molecule has 1 saturated carbocycles. The monoisotopic (exact) mass is 287 g/mol. The van der Waals surface area contributed by atoms with Gasteiger partial charge in [-0.15, -0.1) is 11.6 Å². The molecule has 0 spiro atoms. The van der Waals surface area contributed by atoms with Crippen LogP contribution in [0, 0.1) is 6.92 Å². The summed E-state index contributed by atoms with van der Waals surface area (Å²) in [6.07, 6.45) is 3.04. The van der Waals surface area contributed by atoms with Crippen molar-refractivity contribution in [2.45, 2.75) is 43.0 Å². The summed E-state index contributed by atoms with van der Waals surface area (Å²) in [5.74, 6) is 0.336. The summed E-state index contributed by atoms with van der Waals surface area (Å²) in [5, 5.41) is 0. The molecule has 0 heterocycles. The Bertz CT molecular complexity index is 538. The molecular formula is C13H18ClNO2S. The molecule has 5 heteroatoms. The molecular weight excluding hydrogens is 270 g/mol. The van der Waals surface area contributed by atoms with E-state index >= 15 is 0 Å². The van der Waals surface area contributed by atoms with Gasteiger partial charge < -0.3 is 0 Å². The summed E-state index contributed by atoms with van der Waals surface area (Å²) in [4.78, 5) is 0.384. The molecule has 1 fully saturated rings. The third kappa shape index (κ3) is 2.29. The highest BCUT2D eigenvalue weighted by atomic mass is 35.5. The molecule has 0 atom stereocenters. The van der Waals surface area contributed by atoms with Crippen LogP contribution in [0.2, 0.25) is 0 Å². The number of nitrogens with zero attached hydrogens (tertiary/aromatic N) is 1. The lowest BCUT2D eigenvalue weighted by Gasteiger charge is -2.34. The van der Waals surface area contributed by atoms with E-state index < -0.39 is 10.0 Å². The zero-order valence-electron chi connectivity index (χ0n) is 10.7. The maximum atomic E-state index is 12.5. The van der Waals surface area contributed by atoms with Crippen molar-refractivity contribution >= 4 is 21.6 Å². The van der Waals surface area contributed by atoms with Crippen molar-refractivity contribution in [2.75, 3.05) is 7.05 Å². The number of alkyl halides is 1. The first-order chi connectivity index (χ1) is 8.48. The van der Waals surface area contributed by atoms with E-state index in [0.717, 1.165) is 30.4 Å². The van der Waals surface area contributed by atoms with Crippen molar-refractivity contribution in [3.8, 4) is 0 Å². The maximum absolute atomic E-state index is 12.5. The Labute approximate surface area is 114 Å². The molecule has 1 aromatic rings. The fraction of sp³-hybridized carbons (Fsp3) is 0.538. The van der Waals surface area contributed by atoms with E-state index in [1.807, 2.05) is 13.0 Å². The van der Waals surface area contributed by atoms with E-state index in [4.69, 9.17) is 11.6 Å². The predicted octanol–water partition coefficient (Wildman–Crippen LogP) is 2.91. The van der Waals surface area contributed by atoms with Crippen LogP contribution in [0.25, 0.3) is 0 Å². The largest absolute Gasteiger partial charge is 0.243 e. The Balaban J connectivity index is 2.40. The number of hydrogen-bond acceptors (Lipinski definition) is 2. The normalized spacial score (nSPS) is 16.9. The van der Waals surface area contributed by atoms with Gasteiger partial charge in [0.2, 0.25) is 10.0 Å². The van der Waals surface area contributed by atoms with Gasteiger partial charge in [-0.1, -0.05) is 18.6 Å². The van der Waals surface area contributed by atoms with Gasteiger partial charge in [-0.2, -0.15) is 4.31 Å². The van der Waals surface area contributed by atoms with Crippen molar-refractivity contribution < 1.29 is 8.42 Å². The number of benzene rings is 1. The van der Waals surface area contributed by atoms with Gasteiger partial charge in [-0.05, 0) is 37.0 Å². The van der Waals surface area contributed by atoms with Crippen molar-refractivity contribution in [1.29, 1.82) is 0 Å². The second-order valence-corrected chi connectivity index (χ2v) is 7.01. The third-order valence-electron chi connectivity index (χ3n) is 3.79. The highest BCUT2D eigenvalue weighted by Crippen LogP contribution is 2.30. The summed E-state index contributed by atoms with van der Waals surface area (Å²) in [6.45, 7) is 1.82. The average molecular weight is 288 g/mol. The molecule has 1 aliphatic rings. The van der Waals surface area contributed by atoms with Crippen molar-refractivity contribution in [2.24, 2.45) is 0 Å². The lowest BCUT2D eigenvalue weighted by Crippen LogP contribution is -2.41. The SMILES string of the molecule is Cc1c(CCl)cccc1S(=O)(=O)N(C)C1CCC1. The summed E-state index contributed by atoms with van der Waals surface area (Å²) >= 11 is 5.83. The topological polar surface area (TPSA) is 37.4 Å². The van der Waals surface area contributed by atoms with Gasteiger partial charge in [0.05, 0.1) is 4.90 Å². The van der Waals surface area contributed by atoms with Gasteiger partial charge in [0.1, 0.15) is 0 Å². The highest BCUT2D eigenvalue weighted by Gasteiger charge is 2.32. The molecule has 0 saturated heterocycles. The number of sulfonamides is 1. The number of hydrogen-bond donors (Lipinski definition) is 0. The van der Waals surface area contributed by atoms with Gasteiger partial charge in [0.15, 0.2) is 0 Å². The molecule has 1 aromatic carbocycles. The zero-order chi connectivity index (χ0) is 13.3. The molecule has 1 aliphatic carbocycles. The first-order valence-electron chi connectivity index (χ1n) is 6.11. The minimum absolute atomic E-state index is 0.161. The molecule has 18 heavy (non-hydrogen) atoms. The third-order valence-corrected chi connectivity index (χ3v) is 6.13. The quantitative estimate of drug-likeness (QED) is 0.799. The molecule has 0 bridgehead atoms. The van der Waals surface area contributed by atoms with Crippen LogP contribution < -0.4 is 0 Å². The summed E-state index contributed by atoms with van der Waals surface area (Å²) < 4.78 is 26.6. The smallest absolute Gasteiger partial charge is 0.207 e. The van der Waals surface area contributed by atoms with Crippen LogP contribution in [0.5, 0.6) is 0 Å². The maximum Gasteiger partial charge on any atom is 0.243 e. The summed E-state index contributed by atoms with van der Waals surface area (Å²) in [5.41, 5.74) is 1.64. The van der Waals surface area contributed by atoms with Crippen LogP contribution in [-0.4, -0.2) is 25.8 Å². The van der Waals surface area contributed by atoms with Crippen LogP contribution in [0.1, 0.15) is 30.4 Å². The van der Waals surface area contributed by atoms with Crippen LogP contribution in [-0.2, 0) is 15.9 Å². The second-order valence-electron chi connectivity index (χ2n) is 4.78. The Morgan fingerprint density at radius 3 is 2.56 bits per heavy atom. The van der Waals surface area contributed by atoms with Crippen molar-refractivity contribution in [3.05, 3.63) is 29.3 Å². The number of rotatable bonds is 4. The zero-order valence-corrected chi connectivity index (χ0v) is 12.3. The minimum atomic E-state index is -3.39. The predicted molar refractivity (Wildman–Crippen MR) is 73.3 cm³/mol. The van der Waals surface area contributed by atoms with Crippen LogP contribution in [0.15, 0.2) is 23.1 Å². The first kappa shape index (κ1) is 13.8. The summed E-state index contributed by atoms with van der Waals surface area (Å²) in [7, 11) is -1.72. The van der Waals surface area contributed by atoms with Gasteiger partial charge in [-0.25, -0.2) is 8.42 Å². The molecule has 0 aliphatic heterocycles. The molecule has 3 nitrogen and oxygen atoms in total. The Kier molecular flexibility index (Phi) is 3.99. The van der Waals surface area contributed by atoms with Crippen LogP contribution >= 0.6 is 11.6 Å². The fourth-order valence-corrected chi connectivity index (χ4v) is 4.16. The molecule has 100 valence electrons. The van der Waals surface area contributed by atoms with E-state index in [9.17, 15) is 8.42 Å². The minimum Gasteiger partial charge on any atom is -0.207 e. The van der Waals surface area contributed by atoms with Gasteiger partial charge >= 0.3 is 0 Å².